The van der Waals surface area contributed by atoms with Crippen molar-refractivity contribution >= 4 is 17.4 Å². The molecular formula is C23H19F3N8O. The number of carbonyl (C=O) groups excluding carboxylic acids is 1. The van der Waals surface area contributed by atoms with Gasteiger partial charge in [-0.15, -0.1) is 0 Å². The zero-order valence-corrected chi connectivity index (χ0v) is 18.7. The Morgan fingerprint density at radius 1 is 1.14 bits per heavy atom. The topological polar surface area (TPSA) is 110 Å². The third-order valence-electron chi connectivity index (χ3n) is 5.63. The second-order valence-electron chi connectivity index (χ2n) is 7.93. The highest BCUT2D eigenvalue weighted by Crippen LogP contribution is 2.38. The molecule has 178 valence electrons. The molecule has 3 aliphatic heterocycles. The fourth-order valence-electron chi connectivity index (χ4n) is 3.97. The van der Waals surface area contributed by atoms with Crippen molar-refractivity contribution in [3.63, 3.8) is 0 Å². The van der Waals surface area contributed by atoms with E-state index in [1.54, 1.807) is 25.4 Å². The molecule has 2 aromatic rings. The van der Waals surface area contributed by atoms with Gasteiger partial charge in [-0.2, -0.15) is 18.2 Å². The van der Waals surface area contributed by atoms with E-state index in [9.17, 15) is 18.0 Å². The average Bonchev–Trinajstić information content (AvgIpc) is 3.34. The number of nitrogens with one attached hydrogen (secondary N) is 2. The monoisotopic (exact) mass is 480 g/mol. The van der Waals surface area contributed by atoms with Gasteiger partial charge in [-0.1, -0.05) is 6.07 Å². The van der Waals surface area contributed by atoms with Crippen LogP contribution >= 0.6 is 0 Å². The number of carbonyl (C=O) groups is 1. The number of pyridine rings is 1. The standard InChI is InChI=1S/C23H19F3N8O/c1-12-3-4-14(31-21(35)17-10-28-11-18(32-17)23(24,25)26)8-15(12)16-7-13-9-30-22(27-2)33-19(13)34-6-5-29-20(16)34/h3-4,7-11,29H,5-6H2,1-2H3,(H,31,35). The lowest BCUT2D eigenvalue weighted by Crippen LogP contribution is -2.18. The van der Waals surface area contributed by atoms with E-state index < -0.39 is 23.5 Å². The molecule has 1 amide bonds. The molecule has 5 rings (SSSR count). The Kier molecular flexibility index (Phi) is 5.42. The maximum atomic E-state index is 12.9. The number of halogens is 3. The number of nitrogens with zero attached hydrogens (tertiary/aromatic N) is 6. The van der Waals surface area contributed by atoms with Gasteiger partial charge in [-0.3, -0.25) is 14.8 Å². The van der Waals surface area contributed by atoms with Crippen molar-refractivity contribution in [2.75, 3.05) is 24.2 Å². The van der Waals surface area contributed by atoms with Crippen LogP contribution in [0.1, 0.15) is 21.7 Å². The number of aryl methyl sites for hydroxylation is 1. The first-order valence-corrected chi connectivity index (χ1v) is 10.6. The smallest absolute Gasteiger partial charge is 0.369 e. The first kappa shape index (κ1) is 22.4. The van der Waals surface area contributed by atoms with Gasteiger partial charge in [0.1, 0.15) is 17.3 Å². The fraction of sp³-hybridized carbons (Fsp3) is 0.217. The van der Waals surface area contributed by atoms with Crippen molar-refractivity contribution < 1.29 is 18.0 Å². The fourth-order valence-corrected chi connectivity index (χ4v) is 3.97. The number of fused-ring (bicyclic) bond motifs is 3. The predicted molar refractivity (Wildman–Crippen MR) is 122 cm³/mol. The van der Waals surface area contributed by atoms with Crippen LogP contribution in [0.2, 0.25) is 0 Å². The van der Waals surface area contributed by atoms with Crippen molar-refractivity contribution in [3.05, 3.63) is 65.4 Å². The molecule has 9 nitrogen and oxygen atoms in total. The highest BCUT2D eigenvalue weighted by molar-refractivity contribution is 6.03. The molecule has 1 aromatic carbocycles. The highest BCUT2D eigenvalue weighted by atomic mass is 19.4. The lowest BCUT2D eigenvalue weighted by Gasteiger charge is -2.19. The molecule has 35 heavy (non-hydrogen) atoms. The van der Waals surface area contributed by atoms with Gasteiger partial charge in [-0.25, -0.2) is 9.97 Å². The van der Waals surface area contributed by atoms with Crippen LogP contribution in [0, 0.1) is 6.92 Å². The minimum Gasteiger partial charge on any atom is -0.369 e. The Balaban J connectivity index is 1.54. The van der Waals surface area contributed by atoms with Gasteiger partial charge in [0, 0.05) is 43.1 Å². The average molecular weight is 480 g/mol. The second-order valence-corrected chi connectivity index (χ2v) is 7.93. The van der Waals surface area contributed by atoms with E-state index in [-0.39, 0.29) is 0 Å². The van der Waals surface area contributed by atoms with Crippen LogP contribution in [0.15, 0.2) is 47.8 Å². The van der Waals surface area contributed by atoms with E-state index in [1.807, 2.05) is 19.1 Å². The van der Waals surface area contributed by atoms with E-state index in [0.29, 0.717) is 24.0 Å². The maximum Gasteiger partial charge on any atom is 0.434 e. The number of hydrogen-bond acceptors (Lipinski definition) is 7. The molecule has 0 unspecified atom stereocenters. The van der Waals surface area contributed by atoms with Gasteiger partial charge in [-0.05, 0) is 36.2 Å². The van der Waals surface area contributed by atoms with Crippen LogP contribution in [0.3, 0.4) is 0 Å². The maximum absolute atomic E-state index is 12.9. The molecule has 2 N–H and O–H groups in total. The van der Waals surface area contributed by atoms with E-state index in [1.165, 1.54) is 0 Å². The summed E-state index contributed by atoms with van der Waals surface area (Å²) in [5, 5.41) is 6.01. The molecule has 0 saturated carbocycles. The first-order valence-electron chi connectivity index (χ1n) is 10.6. The molecule has 12 heteroatoms. The molecule has 1 aromatic heterocycles. The van der Waals surface area contributed by atoms with Crippen molar-refractivity contribution in [1.82, 2.24) is 24.5 Å². The third-order valence-corrected chi connectivity index (χ3v) is 5.63. The highest BCUT2D eigenvalue weighted by Gasteiger charge is 2.33. The molecule has 3 aliphatic rings. The summed E-state index contributed by atoms with van der Waals surface area (Å²) in [6, 6.07) is 7.24. The minimum absolute atomic E-state index is 0.394. The number of rotatable bonds is 3. The predicted octanol–water partition coefficient (Wildman–Crippen LogP) is 3.38. The summed E-state index contributed by atoms with van der Waals surface area (Å²) in [5.74, 6) is 0.835. The minimum atomic E-state index is -4.70. The number of aromatic nitrogens is 5. The Morgan fingerprint density at radius 3 is 2.74 bits per heavy atom. The molecule has 0 bridgehead atoms. The summed E-state index contributed by atoms with van der Waals surface area (Å²) in [5.41, 5.74) is 2.63. The van der Waals surface area contributed by atoms with Crippen molar-refractivity contribution in [1.29, 1.82) is 0 Å². The zero-order chi connectivity index (χ0) is 24.7. The Hall–Kier alpha value is -4.35. The zero-order valence-electron chi connectivity index (χ0n) is 18.7. The first-order chi connectivity index (χ1) is 16.7. The van der Waals surface area contributed by atoms with Crippen LogP contribution in [-0.2, 0) is 12.7 Å². The normalized spacial score (nSPS) is 13.6. The molecule has 0 saturated heterocycles. The van der Waals surface area contributed by atoms with E-state index >= 15 is 0 Å². The Morgan fingerprint density at radius 2 is 1.97 bits per heavy atom. The van der Waals surface area contributed by atoms with Crippen LogP contribution < -0.4 is 16.3 Å². The van der Waals surface area contributed by atoms with Crippen molar-refractivity contribution in [2.24, 2.45) is 4.99 Å². The van der Waals surface area contributed by atoms with Crippen LogP contribution in [0.5, 0.6) is 0 Å². The van der Waals surface area contributed by atoms with Gasteiger partial charge < -0.3 is 15.2 Å². The largest absolute Gasteiger partial charge is 0.434 e. The van der Waals surface area contributed by atoms with Crippen LogP contribution in [-0.4, -0.2) is 44.0 Å². The summed E-state index contributed by atoms with van der Waals surface area (Å²) in [6.07, 6.45) is -1.41. The molecule has 0 aliphatic carbocycles. The van der Waals surface area contributed by atoms with E-state index in [4.69, 9.17) is 0 Å². The van der Waals surface area contributed by atoms with Crippen LogP contribution in [0.25, 0.3) is 22.5 Å². The Bertz CT molecular complexity index is 1500. The van der Waals surface area contributed by atoms with Crippen molar-refractivity contribution in [3.8, 4) is 22.5 Å². The van der Waals surface area contributed by atoms with Gasteiger partial charge in [0.2, 0.25) is 5.62 Å². The lowest BCUT2D eigenvalue weighted by molar-refractivity contribution is -0.141. The molecule has 4 heterocycles. The van der Waals surface area contributed by atoms with Gasteiger partial charge in [0.05, 0.1) is 12.4 Å². The number of benzene rings is 1. The summed E-state index contributed by atoms with van der Waals surface area (Å²) < 4.78 is 40.9. The van der Waals surface area contributed by atoms with E-state index in [2.05, 4.69) is 40.1 Å². The molecule has 0 fully saturated rings. The van der Waals surface area contributed by atoms with Gasteiger partial charge >= 0.3 is 6.18 Å². The Labute approximate surface area is 197 Å². The number of amides is 1. The van der Waals surface area contributed by atoms with Gasteiger partial charge in [0.25, 0.3) is 5.91 Å². The molecule has 0 atom stereocenters. The third kappa shape index (κ3) is 4.18. The molecule has 0 spiro atoms. The number of alkyl halides is 3. The summed E-state index contributed by atoms with van der Waals surface area (Å²) in [6.45, 7) is 3.37. The second kappa shape index (κ2) is 8.46. The summed E-state index contributed by atoms with van der Waals surface area (Å²) in [7, 11) is 1.63. The summed E-state index contributed by atoms with van der Waals surface area (Å²) >= 11 is 0. The number of anilines is 2. The lowest BCUT2D eigenvalue weighted by atomic mass is 9.98. The quantitative estimate of drug-likeness (QED) is 0.465. The van der Waals surface area contributed by atoms with Crippen molar-refractivity contribution in [2.45, 2.75) is 19.6 Å². The number of hydrogen-bond donors (Lipinski definition) is 2. The summed E-state index contributed by atoms with van der Waals surface area (Å²) in [4.78, 5) is 32.4. The molecular weight excluding hydrogens is 461 g/mol. The van der Waals surface area contributed by atoms with Crippen LogP contribution in [0.4, 0.5) is 24.7 Å². The SMILES string of the molecule is CN=c1ncc2cc(-c3cc(NC(=O)c4cncc(C(F)(F)F)n4)ccc3C)c3n(c-2n1)CCN3. The molecule has 0 radical (unpaired) electrons. The van der Waals surface area contributed by atoms with Gasteiger partial charge in [0.15, 0.2) is 5.69 Å². The van der Waals surface area contributed by atoms with E-state index in [0.717, 1.165) is 46.6 Å².